The summed E-state index contributed by atoms with van der Waals surface area (Å²) < 4.78 is 2.33. The van der Waals surface area contributed by atoms with Gasteiger partial charge in [-0.25, -0.2) is 0 Å². The van der Waals surface area contributed by atoms with Gasteiger partial charge in [0.1, 0.15) is 4.60 Å². The molecule has 5 heteroatoms. The molecule has 1 aromatic rings. The fourth-order valence-corrected chi connectivity index (χ4v) is 1.40. The van der Waals surface area contributed by atoms with Gasteiger partial charge in [-0.1, -0.05) is 15.9 Å². The number of halogens is 2. The summed E-state index contributed by atoms with van der Waals surface area (Å²) in [6.07, 6.45) is 1.55. The van der Waals surface area contributed by atoms with Crippen LogP contribution >= 0.6 is 31.9 Å². The van der Waals surface area contributed by atoms with Crippen LogP contribution in [0, 0.1) is 0 Å². The molecule has 3 nitrogen and oxygen atoms in total. The highest BCUT2D eigenvalue weighted by atomic mass is 79.9. The minimum Gasteiger partial charge on any atom is -0.293 e. The molecule has 0 aliphatic rings. The molecule has 0 atom stereocenters. The third-order valence-corrected chi connectivity index (χ3v) is 2.74. The van der Waals surface area contributed by atoms with E-state index in [9.17, 15) is 4.79 Å². The van der Waals surface area contributed by atoms with Crippen LogP contribution in [0.25, 0.3) is 0 Å². The van der Waals surface area contributed by atoms with Crippen molar-refractivity contribution in [3.05, 3.63) is 16.4 Å². The lowest BCUT2D eigenvalue weighted by Gasteiger charge is -1.93. The Morgan fingerprint density at radius 3 is 2.82 bits per heavy atom. The SMILES string of the molecule is Cn1ncc(C(=O)CBr)c1Br. The Bertz CT molecular complexity index is 282. The Labute approximate surface area is 81.0 Å². The molecule has 1 rings (SSSR count). The van der Waals surface area contributed by atoms with Crippen LogP contribution < -0.4 is 0 Å². The van der Waals surface area contributed by atoms with Gasteiger partial charge in [0.05, 0.1) is 17.1 Å². The number of rotatable bonds is 2. The van der Waals surface area contributed by atoms with Gasteiger partial charge < -0.3 is 0 Å². The molecule has 0 aliphatic heterocycles. The zero-order valence-electron chi connectivity index (χ0n) is 5.84. The molecule has 0 N–H and O–H groups in total. The van der Waals surface area contributed by atoms with E-state index in [2.05, 4.69) is 37.0 Å². The van der Waals surface area contributed by atoms with Crippen LogP contribution in [0.1, 0.15) is 10.4 Å². The van der Waals surface area contributed by atoms with Crippen LogP contribution in [0.4, 0.5) is 0 Å². The van der Waals surface area contributed by atoms with Crippen molar-refractivity contribution < 1.29 is 4.79 Å². The van der Waals surface area contributed by atoms with E-state index in [4.69, 9.17) is 0 Å². The lowest BCUT2D eigenvalue weighted by molar-refractivity contribution is 0.102. The fourth-order valence-electron chi connectivity index (χ4n) is 0.682. The average molecular weight is 282 g/mol. The van der Waals surface area contributed by atoms with Crippen molar-refractivity contribution in [1.82, 2.24) is 9.78 Å². The van der Waals surface area contributed by atoms with E-state index in [1.54, 1.807) is 17.9 Å². The zero-order valence-corrected chi connectivity index (χ0v) is 9.02. The number of alkyl halides is 1. The van der Waals surface area contributed by atoms with Gasteiger partial charge in [0, 0.05) is 7.05 Å². The highest BCUT2D eigenvalue weighted by Gasteiger charge is 2.11. The monoisotopic (exact) mass is 280 g/mol. The Morgan fingerprint density at radius 1 is 1.82 bits per heavy atom. The molecule has 11 heavy (non-hydrogen) atoms. The van der Waals surface area contributed by atoms with Crippen LogP contribution in [0.5, 0.6) is 0 Å². The highest BCUT2D eigenvalue weighted by Crippen LogP contribution is 2.15. The predicted octanol–water partition coefficient (Wildman–Crippen LogP) is 1.76. The quantitative estimate of drug-likeness (QED) is 0.612. The van der Waals surface area contributed by atoms with Gasteiger partial charge >= 0.3 is 0 Å². The first-order chi connectivity index (χ1) is 5.16. The summed E-state index contributed by atoms with van der Waals surface area (Å²) in [6, 6.07) is 0. The second-order valence-corrected chi connectivity index (χ2v) is 3.34. The van der Waals surface area contributed by atoms with Crippen molar-refractivity contribution in [2.45, 2.75) is 0 Å². The molecular weight excluding hydrogens is 276 g/mol. The van der Waals surface area contributed by atoms with E-state index in [0.29, 0.717) is 10.9 Å². The molecule has 0 amide bonds. The molecule has 0 aliphatic carbocycles. The predicted molar refractivity (Wildman–Crippen MR) is 49.0 cm³/mol. The number of nitrogens with zero attached hydrogens (tertiary/aromatic N) is 2. The zero-order chi connectivity index (χ0) is 8.43. The van der Waals surface area contributed by atoms with Crippen molar-refractivity contribution in [2.75, 3.05) is 5.33 Å². The van der Waals surface area contributed by atoms with Crippen molar-refractivity contribution >= 4 is 37.6 Å². The van der Waals surface area contributed by atoms with Gasteiger partial charge in [0.25, 0.3) is 0 Å². The largest absolute Gasteiger partial charge is 0.293 e. The van der Waals surface area contributed by atoms with E-state index in [-0.39, 0.29) is 5.78 Å². The van der Waals surface area contributed by atoms with Crippen molar-refractivity contribution in [1.29, 1.82) is 0 Å². The molecule has 0 saturated heterocycles. The van der Waals surface area contributed by atoms with Gasteiger partial charge in [0.2, 0.25) is 0 Å². The summed E-state index contributed by atoms with van der Waals surface area (Å²) in [6.45, 7) is 0. The minimum atomic E-state index is 0.0324. The van der Waals surface area contributed by atoms with Gasteiger partial charge in [-0.05, 0) is 15.9 Å². The third-order valence-electron chi connectivity index (χ3n) is 1.29. The molecule has 0 unspecified atom stereocenters. The van der Waals surface area contributed by atoms with Crippen molar-refractivity contribution in [3.63, 3.8) is 0 Å². The number of carbonyl (C=O) groups excluding carboxylic acids is 1. The second-order valence-electron chi connectivity index (χ2n) is 2.03. The smallest absolute Gasteiger partial charge is 0.177 e. The third kappa shape index (κ3) is 1.70. The maximum absolute atomic E-state index is 11.1. The number of Topliss-reactive ketones (excluding diaryl/α,β-unsaturated/α-hetero) is 1. The Kier molecular flexibility index (Phi) is 2.84. The number of carbonyl (C=O) groups is 1. The van der Waals surface area contributed by atoms with Crippen LogP contribution in [-0.4, -0.2) is 20.9 Å². The summed E-state index contributed by atoms with van der Waals surface area (Å²) in [4.78, 5) is 11.1. The normalized spacial score (nSPS) is 10.1. The van der Waals surface area contributed by atoms with E-state index >= 15 is 0 Å². The van der Waals surface area contributed by atoms with Crippen LogP contribution in [0.2, 0.25) is 0 Å². The molecule has 1 heterocycles. The summed E-state index contributed by atoms with van der Waals surface area (Å²) in [5.74, 6) is 0.0324. The number of aromatic nitrogens is 2. The summed E-state index contributed by atoms with van der Waals surface area (Å²) in [7, 11) is 1.77. The first kappa shape index (κ1) is 8.93. The van der Waals surface area contributed by atoms with Crippen molar-refractivity contribution in [2.24, 2.45) is 7.05 Å². The Morgan fingerprint density at radius 2 is 2.45 bits per heavy atom. The summed E-state index contributed by atoms with van der Waals surface area (Å²) in [5, 5.41) is 4.24. The van der Waals surface area contributed by atoms with E-state index in [0.717, 1.165) is 4.60 Å². The van der Waals surface area contributed by atoms with Crippen LogP contribution in [0.15, 0.2) is 10.8 Å². The molecule has 0 bridgehead atoms. The van der Waals surface area contributed by atoms with Crippen LogP contribution in [-0.2, 0) is 7.05 Å². The first-order valence-corrected chi connectivity index (χ1v) is 4.85. The number of hydrogen-bond acceptors (Lipinski definition) is 2. The standard InChI is InChI=1S/C6H6Br2N2O/c1-10-6(8)4(3-9-10)5(11)2-7/h3H,2H2,1H3. The van der Waals surface area contributed by atoms with Gasteiger partial charge in [-0.2, -0.15) is 5.10 Å². The van der Waals surface area contributed by atoms with E-state index < -0.39 is 0 Å². The molecule has 0 saturated carbocycles. The highest BCUT2D eigenvalue weighted by molar-refractivity contribution is 9.10. The topological polar surface area (TPSA) is 34.9 Å². The Hall–Kier alpha value is -0.160. The number of hydrogen-bond donors (Lipinski definition) is 0. The maximum Gasteiger partial charge on any atom is 0.177 e. The molecule has 60 valence electrons. The minimum absolute atomic E-state index is 0.0324. The van der Waals surface area contributed by atoms with E-state index in [1.807, 2.05) is 0 Å². The average Bonchev–Trinajstić information content (AvgIpc) is 2.32. The van der Waals surface area contributed by atoms with Gasteiger partial charge in [-0.15, -0.1) is 0 Å². The second kappa shape index (κ2) is 3.49. The maximum atomic E-state index is 11.1. The van der Waals surface area contributed by atoms with Gasteiger partial charge in [-0.3, -0.25) is 9.48 Å². The molecule has 0 spiro atoms. The molecule has 0 aromatic carbocycles. The summed E-state index contributed by atoms with van der Waals surface area (Å²) >= 11 is 6.34. The van der Waals surface area contributed by atoms with Crippen molar-refractivity contribution in [3.8, 4) is 0 Å². The molecule has 0 radical (unpaired) electrons. The number of ketones is 1. The fraction of sp³-hybridized carbons (Fsp3) is 0.333. The lowest BCUT2D eigenvalue weighted by atomic mass is 10.3. The number of aryl methyl sites for hydroxylation is 1. The van der Waals surface area contributed by atoms with E-state index in [1.165, 1.54) is 0 Å². The summed E-state index contributed by atoms with van der Waals surface area (Å²) in [5.41, 5.74) is 0.615. The lowest BCUT2D eigenvalue weighted by Crippen LogP contribution is -1.99. The van der Waals surface area contributed by atoms with Crippen LogP contribution in [0.3, 0.4) is 0 Å². The molecule has 0 fully saturated rings. The van der Waals surface area contributed by atoms with Gasteiger partial charge in [0.15, 0.2) is 5.78 Å². The first-order valence-electron chi connectivity index (χ1n) is 2.93. The molecular formula is C6H6Br2N2O. The Balaban J connectivity index is 3.04. The molecule has 1 aromatic heterocycles.